The largest absolute Gasteiger partial charge is 0.394 e. The second kappa shape index (κ2) is 4.49. The van der Waals surface area contributed by atoms with Crippen molar-refractivity contribution in [3.05, 3.63) is 12.7 Å². The lowest BCUT2D eigenvalue weighted by Gasteiger charge is -2.12. The molecule has 0 aliphatic rings. The topological polar surface area (TPSA) is 60.7 Å². The molecule has 0 bridgehead atoms. The average Bonchev–Trinajstić information content (AvgIpc) is 1.87. The summed E-state index contributed by atoms with van der Waals surface area (Å²) < 4.78 is 0. The van der Waals surface area contributed by atoms with Gasteiger partial charge in [-0.25, -0.2) is 0 Å². The predicted molar refractivity (Wildman–Crippen MR) is 33.9 cm³/mol. The van der Waals surface area contributed by atoms with E-state index in [1.165, 1.54) is 6.08 Å². The molecule has 3 heteroatoms. The van der Waals surface area contributed by atoms with Crippen molar-refractivity contribution >= 4 is 0 Å². The molecule has 0 radical (unpaired) electrons. The van der Waals surface area contributed by atoms with Crippen molar-refractivity contribution < 1.29 is 15.3 Å². The molecule has 0 saturated carbocycles. The van der Waals surface area contributed by atoms with Crippen LogP contribution in [-0.4, -0.2) is 34.1 Å². The highest BCUT2D eigenvalue weighted by molar-refractivity contribution is 4.76. The second-order valence-corrected chi connectivity index (χ2v) is 1.84. The predicted octanol–water partition coefficient (Wildman–Crippen LogP) is -0.723. The number of aliphatic hydroxyl groups is 3. The van der Waals surface area contributed by atoms with Gasteiger partial charge in [-0.1, -0.05) is 6.08 Å². The Morgan fingerprint density at radius 2 is 1.89 bits per heavy atom. The molecule has 54 valence electrons. The molecule has 3 nitrogen and oxygen atoms in total. The molecule has 0 fully saturated rings. The minimum absolute atomic E-state index is 0.307. The van der Waals surface area contributed by atoms with Gasteiger partial charge in [-0.2, -0.15) is 0 Å². The van der Waals surface area contributed by atoms with Crippen LogP contribution in [-0.2, 0) is 0 Å². The SMILES string of the molecule is C=CC[C@@H](O)[C@H](O)CO. The second-order valence-electron chi connectivity index (χ2n) is 1.84. The molecule has 9 heavy (non-hydrogen) atoms. The van der Waals surface area contributed by atoms with Gasteiger partial charge in [0, 0.05) is 0 Å². The van der Waals surface area contributed by atoms with Crippen molar-refractivity contribution in [1.29, 1.82) is 0 Å². The molecule has 0 rings (SSSR count). The quantitative estimate of drug-likeness (QED) is 0.442. The zero-order chi connectivity index (χ0) is 7.28. The normalized spacial score (nSPS) is 16.8. The Kier molecular flexibility index (Phi) is 4.30. The molecule has 2 atom stereocenters. The highest BCUT2D eigenvalue weighted by atomic mass is 16.4. The molecule has 0 heterocycles. The Labute approximate surface area is 54.3 Å². The van der Waals surface area contributed by atoms with E-state index in [9.17, 15) is 0 Å². The van der Waals surface area contributed by atoms with Crippen LogP contribution in [0.3, 0.4) is 0 Å². The van der Waals surface area contributed by atoms with Gasteiger partial charge < -0.3 is 15.3 Å². The first kappa shape index (κ1) is 8.62. The molecule has 0 aromatic rings. The summed E-state index contributed by atoms with van der Waals surface area (Å²) in [5.74, 6) is 0. The van der Waals surface area contributed by atoms with E-state index < -0.39 is 18.8 Å². The molecule has 0 amide bonds. The van der Waals surface area contributed by atoms with Gasteiger partial charge in [0.25, 0.3) is 0 Å². The Morgan fingerprint density at radius 3 is 2.22 bits per heavy atom. The lowest BCUT2D eigenvalue weighted by molar-refractivity contribution is -0.0119. The fraction of sp³-hybridized carbons (Fsp3) is 0.667. The van der Waals surface area contributed by atoms with Gasteiger partial charge >= 0.3 is 0 Å². The third-order valence-electron chi connectivity index (χ3n) is 1.04. The van der Waals surface area contributed by atoms with Crippen LogP contribution in [0.5, 0.6) is 0 Å². The Bertz CT molecular complexity index is 82.4. The molecule has 0 unspecified atom stereocenters. The number of aliphatic hydroxyl groups excluding tert-OH is 3. The van der Waals surface area contributed by atoms with E-state index in [2.05, 4.69) is 6.58 Å². The van der Waals surface area contributed by atoms with Gasteiger partial charge in [-0.15, -0.1) is 6.58 Å². The maximum Gasteiger partial charge on any atom is 0.103 e. The van der Waals surface area contributed by atoms with Crippen molar-refractivity contribution in [3.8, 4) is 0 Å². The van der Waals surface area contributed by atoms with Gasteiger partial charge in [0.05, 0.1) is 12.7 Å². The molecule has 0 aliphatic heterocycles. The summed E-state index contributed by atoms with van der Waals surface area (Å²) >= 11 is 0. The molecule has 0 aromatic heterocycles. The maximum absolute atomic E-state index is 8.84. The van der Waals surface area contributed by atoms with Crippen molar-refractivity contribution in [2.75, 3.05) is 6.61 Å². The standard InChI is InChI=1S/C6H12O3/c1-2-3-5(8)6(9)4-7/h2,5-9H,1,3-4H2/t5-,6-/m1/s1. The van der Waals surface area contributed by atoms with Crippen molar-refractivity contribution in [2.24, 2.45) is 0 Å². The van der Waals surface area contributed by atoms with Crippen LogP contribution in [0.4, 0.5) is 0 Å². The smallest absolute Gasteiger partial charge is 0.103 e. The lowest BCUT2D eigenvalue weighted by atomic mass is 10.1. The van der Waals surface area contributed by atoms with Gasteiger partial charge in [-0.3, -0.25) is 0 Å². The van der Waals surface area contributed by atoms with Gasteiger partial charge in [0.15, 0.2) is 0 Å². The number of rotatable bonds is 4. The Morgan fingerprint density at radius 1 is 1.33 bits per heavy atom. The summed E-state index contributed by atoms with van der Waals surface area (Å²) in [5.41, 5.74) is 0. The molecule has 0 aliphatic carbocycles. The molecular formula is C6H12O3. The van der Waals surface area contributed by atoms with Gasteiger partial charge in [0.2, 0.25) is 0 Å². The third kappa shape index (κ3) is 3.24. The van der Waals surface area contributed by atoms with E-state index in [1.54, 1.807) is 0 Å². The van der Waals surface area contributed by atoms with E-state index in [1.807, 2.05) is 0 Å². The van der Waals surface area contributed by atoms with E-state index in [0.717, 1.165) is 0 Å². The third-order valence-corrected chi connectivity index (χ3v) is 1.04. The van der Waals surface area contributed by atoms with Crippen LogP contribution in [0.2, 0.25) is 0 Å². The molecule has 0 spiro atoms. The summed E-state index contributed by atoms with van der Waals surface area (Å²) in [5, 5.41) is 25.8. The number of hydrogen-bond acceptors (Lipinski definition) is 3. The summed E-state index contributed by atoms with van der Waals surface area (Å²) in [6, 6.07) is 0. The maximum atomic E-state index is 8.84. The zero-order valence-electron chi connectivity index (χ0n) is 5.20. The fourth-order valence-electron chi connectivity index (χ4n) is 0.450. The first-order valence-corrected chi connectivity index (χ1v) is 2.80. The lowest BCUT2D eigenvalue weighted by Crippen LogP contribution is -2.28. The van der Waals surface area contributed by atoms with Crippen LogP contribution in [0.15, 0.2) is 12.7 Å². The monoisotopic (exact) mass is 132 g/mol. The summed E-state index contributed by atoms with van der Waals surface area (Å²) in [7, 11) is 0. The highest BCUT2D eigenvalue weighted by Gasteiger charge is 2.11. The van der Waals surface area contributed by atoms with Crippen molar-refractivity contribution in [1.82, 2.24) is 0 Å². The van der Waals surface area contributed by atoms with E-state index in [-0.39, 0.29) is 0 Å². The molecule has 0 aromatic carbocycles. The van der Waals surface area contributed by atoms with Crippen LogP contribution < -0.4 is 0 Å². The van der Waals surface area contributed by atoms with Crippen LogP contribution >= 0.6 is 0 Å². The summed E-state index contributed by atoms with van der Waals surface area (Å²) in [4.78, 5) is 0. The first-order valence-electron chi connectivity index (χ1n) is 2.80. The van der Waals surface area contributed by atoms with E-state index >= 15 is 0 Å². The summed E-state index contributed by atoms with van der Waals surface area (Å²) in [6.45, 7) is 2.96. The van der Waals surface area contributed by atoms with Gasteiger partial charge in [0.1, 0.15) is 6.10 Å². The zero-order valence-corrected chi connectivity index (χ0v) is 5.20. The first-order chi connectivity index (χ1) is 4.22. The molecule has 3 N–H and O–H groups in total. The fourth-order valence-corrected chi connectivity index (χ4v) is 0.450. The van der Waals surface area contributed by atoms with Crippen molar-refractivity contribution in [3.63, 3.8) is 0 Å². The van der Waals surface area contributed by atoms with Gasteiger partial charge in [-0.05, 0) is 6.42 Å². The number of hydrogen-bond donors (Lipinski definition) is 3. The Hall–Kier alpha value is -0.380. The minimum atomic E-state index is -1.04. The molecular weight excluding hydrogens is 120 g/mol. The Balaban J connectivity index is 3.44. The van der Waals surface area contributed by atoms with Crippen molar-refractivity contribution in [2.45, 2.75) is 18.6 Å². The highest BCUT2D eigenvalue weighted by Crippen LogP contribution is 1.97. The minimum Gasteiger partial charge on any atom is -0.394 e. The molecule has 0 saturated heterocycles. The van der Waals surface area contributed by atoms with E-state index in [0.29, 0.717) is 6.42 Å². The van der Waals surface area contributed by atoms with Crippen LogP contribution in [0.1, 0.15) is 6.42 Å². The van der Waals surface area contributed by atoms with Crippen LogP contribution in [0, 0.1) is 0 Å². The van der Waals surface area contributed by atoms with Crippen LogP contribution in [0.25, 0.3) is 0 Å². The van der Waals surface area contributed by atoms with E-state index in [4.69, 9.17) is 15.3 Å². The average molecular weight is 132 g/mol. The summed E-state index contributed by atoms with van der Waals surface area (Å²) in [6.07, 6.45) is -0.124.